The summed E-state index contributed by atoms with van der Waals surface area (Å²) in [4.78, 5) is 8.39. The number of rotatable bonds is 10. The second-order valence-electron chi connectivity index (χ2n) is 7.23. The zero-order chi connectivity index (χ0) is 19.9. The molecule has 1 N–H and O–H groups in total. The van der Waals surface area contributed by atoms with Crippen molar-refractivity contribution in [3.63, 3.8) is 0 Å². The number of aliphatic hydroxyl groups excluding tert-OH is 1. The number of aliphatic hydroxyl groups is 1. The molecule has 1 unspecified atom stereocenters. The Balaban J connectivity index is 1.97. The summed E-state index contributed by atoms with van der Waals surface area (Å²) in [6, 6.07) is 12.3. The number of thiophene rings is 1. The van der Waals surface area contributed by atoms with Crippen LogP contribution in [0.1, 0.15) is 51.2 Å². The number of unbranched alkanes of at least 4 members (excludes halogenated alkanes) is 2. The first-order chi connectivity index (χ1) is 13.6. The van der Waals surface area contributed by atoms with Gasteiger partial charge in [-0.25, -0.2) is 4.98 Å². The van der Waals surface area contributed by atoms with E-state index in [1.165, 1.54) is 12.8 Å². The second-order valence-corrected chi connectivity index (χ2v) is 9.03. The van der Waals surface area contributed by atoms with Crippen LogP contribution in [0, 0.1) is 0 Å². The van der Waals surface area contributed by atoms with Gasteiger partial charge in [0.1, 0.15) is 0 Å². The van der Waals surface area contributed by atoms with Crippen molar-refractivity contribution in [3.05, 3.63) is 51.8 Å². The number of pyridine rings is 1. The molecule has 0 aliphatic rings. The summed E-state index contributed by atoms with van der Waals surface area (Å²) in [5.74, 6) is 0. The van der Waals surface area contributed by atoms with Gasteiger partial charge in [0.2, 0.25) is 0 Å². The number of halogens is 1. The molecule has 3 rings (SSSR count). The van der Waals surface area contributed by atoms with Gasteiger partial charge in [-0.3, -0.25) is 0 Å². The van der Waals surface area contributed by atoms with Crippen LogP contribution in [0.2, 0.25) is 0 Å². The Kier molecular flexibility index (Phi) is 8.03. The molecule has 3 nitrogen and oxygen atoms in total. The highest BCUT2D eigenvalue weighted by Crippen LogP contribution is 2.34. The maximum absolute atomic E-state index is 11.2. The molecule has 28 heavy (non-hydrogen) atoms. The fraction of sp³-hybridized carbons (Fsp3) is 0.435. The minimum atomic E-state index is -0.545. The normalized spacial score (nSPS) is 12.8. The maximum Gasteiger partial charge on any atom is 0.0924 e. The Bertz CT molecular complexity index is 874. The zero-order valence-corrected chi connectivity index (χ0v) is 19.1. The van der Waals surface area contributed by atoms with Crippen molar-refractivity contribution < 1.29 is 5.11 Å². The van der Waals surface area contributed by atoms with Gasteiger partial charge >= 0.3 is 0 Å². The average molecular weight is 461 g/mol. The number of hydrogen-bond donors (Lipinski definition) is 1. The molecule has 150 valence electrons. The standard InChI is InChI=1S/C23H29BrN2OS/c1-3-5-12-26(13-6-4-2)16-21(27)17-15-20(22-11-8-14-28-22)25-19-10-7-9-18(24)23(17)19/h7-11,14-15,21,27H,3-6,12-13,16H2,1-2H3. The minimum absolute atomic E-state index is 0.545. The Morgan fingerprint density at radius 2 is 1.86 bits per heavy atom. The molecule has 0 spiro atoms. The van der Waals surface area contributed by atoms with E-state index in [0.717, 1.165) is 57.4 Å². The first kappa shape index (κ1) is 21.4. The van der Waals surface area contributed by atoms with Crippen LogP contribution >= 0.6 is 27.3 Å². The summed E-state index contributed by atoms with van der Waals surface area (Å²) in [7, 11) is 0. The fourth-order valence-electron chi connectivity index (χ4n) is 3.49. The predicted molar refractivity (Wildman–Crippen MR) is 124 cm³/mol. The van der Waals surface area contributed by atoms with Gasteiger partial charge in [0, 0.05) is 16.4 Å². The van der Waals surface area contributed by atoms with Crippen LogP contribution in [0.5, 0.6) is 0 Å². The monoisotopic (exact) mass is 460 g/mol. The van der Waals surface area contributed by atoms with E-state index in [2.05, 4.69) is 52.2 Å². The van der Waals surface area contributed by atoms with Crippen molar-refractivity contribution in [3.8, 4) is 10.6 Å². The fourth-order valence-corrected chi connectivity index (χ4v) is 4.76. The van der Waals surface area contributed by atoms with Crippen molar-refractivity contribution >= 4 is 38.2 Å². The molecule has 3 aromatic rings. The molecule has 0 amide bonds. The molecule has 1 aromatic carbocycles. The largest absolute Gasteiger partial charge is 0.387 e. The summed E-state index contributed by atoms with van der Waals surface area (Å²) in [6.45, 7) is 7.17. The van der Waals surface area contributed by atoms with Gasteiger partial charge in [-0.1, -0.05) is 54.8 Å². The molecule has 0 saturated carbocycles. The topological polar surface area (TPSA) is 36.4 Å². The van der Waals surface area contributed by atoms with E-state index in [4.69, 9.17) is 4.98 Å². The first-order valence-corrected chi connectivity index (χ1v) is 11.8. The molecular formula is C23H29BrN2OS. The summed E-state index contributed by atoms with van der Waals surface area (Å²) in [5.41, 5.74) is 2.81. The van der Waals surface area contributed by atoms with E-state index in [1.54, 1.807) is 11.3 Å². The molecule has 0 saturated heterocycles. The summed E-state index contributed by atoms with van der Waals surface area (Å²) >= 11 is 5.36. The van der Waals surface area contributed by atoms with Gasteiger partial charge in [0.25, 0.3) is 0 Å². The lowest BCUT2D eigenvalue weighted by Gasteiger charge is -2.26. The number of fused-ring (bicyclic) bond motifs is 1. The van der Waals surface area contributed by atoms with Crippen LogP contribution in [0.4, 0.5) is 0 Å². The lowest BCUT2D eigenvalue weighted by atomic mass is 10.0. The van der Waals surface area contributed by atoms with Crippen molar-refractivity contribution in [2.45, 2.75) is 45.6 Å². The van der Waals surface area contributed by atoms with Gasteiger partial charge in [0.05, 0.1) is 22.2 Å². The zero-order valence-electron chi connectivity index (χ0n) is 16.7. The van der Waals surface area contributed by atoms with Crippen LogP contribution in [0.15, 0.2) is 46.3 Å². The third kappa shape index (κ3) is 5.20. The lowest BCUT2D eigenvalue weighted by Crippen LogP contribution is -2.31. The average Bonchev–Trinajstić information content (AvgIpc) is 3.24. The van der Waals surface area contributed by atoms with Crippen LogP contribution in [-0.4, -0.2) is 34.6 Å². The smallest absolute Gasteiger partial charge is 0.0924 e. The van der Waals surface area contributed by atoms with Crippen LogP contribution in [0.3, 0.4) is 0 Å². The Hall–Kier alpha value is -1.27. The van der Waals surface area contributed by atoms with E-state index in [1.807, 2.05) is 24.3 Å². The van der Waals surface area contributed by atoms with E-state index in [9.17, 15) is 5.11 Å². The summed E-state index contributed by atoms with van der Waals surface area (Å²) in [6.07, 6.45) is 4.13. The van der Waals surface area contributed by atoms with E-state index < -0.39 is 6.10 Å². The highest BCUT2D eigenvalue weighted by Gasteiger charge is 2.19. The number of benzene rings is 1. The minimum Gasteiger partial charge on any atom is -0.387 e. The third-order valence-corrected chi connectivity index (χ3v) is 6.59. The molecular weight excluding hydrogens is 432 g/mol. The molecule has 0 fully saturated rings. The maximum atomic E-state index is 11.2. The van der Waals surface area contributed by atoms with Crippen molar-refractivity contribution in [1.29, 1.82) is 0 Å². The number of aromatic nitrogens is 1. The Morgan fingerprint density at radius 3 is 2.50 bits per heavy atom. The van der Waals surface area contributed by atoms with Gasteiger partial charge in [-0.15, -0.1) is 11.3 Å². The van der Waals surface area contributed by atoms with E-state index >= 15 is 0 Å². The van der Waals surface area contributed by atoms with Crippen molar-refractivity contribution in [1.82, 2.24) is 9.88 Å². The third-order valence-electron chi connectivity index (χ3n) is 5.03. The highest BCUT2D eigenvalue weighted by atomic mass is 79.9. The van der Waals surface area contributed by atoms with Crippen LogP contribution in [0.25, 0.3) is 21.5 Å². The Labute approximate surface area is 180 Å². The number of nitrogens with zero attached hydrogens (tertiary/aromatic N) is 2. The van der Waals surface area contributed by atoms with Crippen LogP contribution in [-0.2, 0) is 0 Å². The lowest BCUT2D eigenvalue weighted by molar-refractivity contribution is 0.112. The molecule has 1 atom stereocenters. The molecule has 0 radical (unpaired) electrons. The van der Waals surface area contributed by atoms with Crippen molar-refractivity contribution in [2.24, 2.45) is 0 Å². The van der Waals surface area contributed by atoms with E-state index in [0.29, 0.717) is 6.54 Å². The van der Waals surface area contributed by atoms with Gasteiger partial charge in [-0.2, -0.15) is 0 Å². The van der Waals surface area contributed by atoms with Gasteiger partial charge in [0.15, 0.2) is 0 Å². The van der Waals surface area contributed by atoms with Crippen molar-refractivity contribution in [2.75, 3.05) is 19.6 Å². The summed E-state index contributed by atoms with van der Waals surface area (Å²) < 4.78 is 0.984. The quantitative estimate of drug-likeness (QED) is 0.367. The summed E-state index contributed by atoms with van der Waals surface area (Å²) in [5, 5.41) is 14.3. The molecule has 5 heteroatoms. The molecule has 0 aliphatic heterocycles. The van der Waals surface area contributed by atoms with Gasteiger partial charge < -0.3 is 10.0 Å². The molecule has 2 heterocycles. The van der Waals surface area contributed by atoms with Crippen LogP contribution < -0.4 is 0 Å². The predicted octanol–water partition coefficient (Wildman–Crippen LogP) is 6.66. The molecule has 2 aromatic heterocycles. The highest BCUT2D eigenvalue weighted by molar-refractivity contribution is 9.10. The second kappa shape index (κ2) is 10.5. The molecule has 0 aliphatic carbocycles. The number of hydrogen-bond acceptors (Lipinski definition) is 4. The van der Waals surface area contributed by atoms with E-state index in [-0.39, 0.29) is 0 Å². The van der Waals surface area contributed by atoms with Gasteiger partial charge in [-0.05, 0) is 61.1 Å². The Morgan fingerprint density at radius 1 is 1.11 bits per heavy atom. The SMILES string of the molecule is CCCCN(CCCC)CC(O)c1cc(-c2cccs2)nc2cccc(Br)c12. The first-order valence-electron chi connectivity index (χ1n) is 10.2. The molecule has 0 bridgehead atoms.